The van der Waals surface area contributed by atoms with Crippen LogP contribution in [0.25, 0.3) is 0 Å². The van der Waals surface area contributed by atoms with Gasteiger partial charge in [-0.25, -0.2) is 4.79 Å². The number of aliphatic carboxylic acids is 1. The Morgan fingerprint density at radius 1 is 1.39 bits per heavy atom. The number of nitrogens with one attached hydrogen (secondary N) is 2. The normalized spacial score (nSPS) is 9.89. The summed E-state index contributed by atoms with van der Waals surface area (Å²) in [5.74, 6) is -0.862. The van der Waals surface area contributed by atoms with Crippen molar-refractivity contribution >= 4 is 33.6 Å². The van der Waals surface area contributed by atoms with E-state index in [1.807, 2.05) is 25.1 Å². The first-order valence-corrected chi connectivity index (χ1v) is 6.31. The first kappa shape index (κ1) is 14.5. The molecule has 1 rings (SSSR count). The van der Waals surface area contributed by atoms with Gasteiger partial charge in [0, 0.05) is 17.4 Å². The van der Waals surface area contributed by atoms with E-state index in [1.54, 1.807) is 0 Å². The Hall–Kier alpha value is -1.56. The van der Waals surface area contributed by atoms with E-state index in [2.05, 4.69) is 26.6 Å². The molecule has 0 fully saturated rings. The van der Waals surface area contributed by atoms with Crippen molar-refractivity contribution in [3.63, 3.8) is 0 Å². The van der Waals surface area contributed by atoms with Crippen LogP contribution in [0.3, 0.4) is 0 Å². The van der Waals surface area contributed by atoms with Gasteiger partial charge in [-0.1, -0.05) is 6.07 Å². The van der Waals surface area contributed by atoms with E-state index in [0.717, 1.165) is 10.0 Å². The van der Waals surface area contributed by atoms with Crippen molar-refractivity contribution in [3.8, 4) is 0 Å². The minimum absolute atomic E-state index is 0.0500. The van der Waals surface area contributed by atoms with Gasteiger partial charge in [-0.05, 0) is 47.0 Å². The summed E-state index contributed by atoms with van der Waals surface area (Å²) in [6, 6.07) is 5.29. The lowest BCUT2D eigenvalue weighted by Gasteiger charge is -2.09. The second-order valence-electron chi connectivity index (χ2n) is 3.86. The van der Waals surface area contributed by atoms with Gasteiger partial charge in [0.1, 0.15) is 0 Å². The highest BCUT2D eigenvalue weighted by atomic mass is 79.9. The molecular formula is C12H15BrN2O3. The third-order valence-electron chi connectivity index (χ3n) is 2.22. The fraction of sp³-hybridized carbons (Fsp3) is 0.333. The highest BCUT2D eigenvalue weighted by molar-refractivity contribution is 9.10. The number of carboxylic acid groups (broad SMARTS) is 1. The number of halogens is 1. The molecule has 0 saturated carbocycles. The third-order valence-corrected chi connectivity index (χ3v) is 2.91. The van der Waals surface area contributed by atoms with Gasteiger partial charge >= 0.3 is 12.0 Å². The lowest BCUT2D eigenvalue weighted by atomic mass is 10.2. The largest absolute Gasteiger partial charge is 0.481 e. The van der Waals surface area contributed by atoms with Crippen LogP contribution in [0, 0.1) is 6.92 Å². The standard InChI is InChI=1S/C12H15BrN2O3/c1-8-4-5-9(13)10(7-8)15-12(18)14-6-2-3-11(16)17/h4-5,7H,2-3,6H2,1H3,(H,16,17)(H2,14,15,18). The lowest BCUT2D eigenvalue weighted by molar-refractivity contribution is -0.137. The van der Waals surface area contributed by atoms with Crippen LogP contribution in [-0.4, -0.2) is 23.7 Å². The number of amides is 2. The molecule has 0 aromatic heterocycles. The van der Waals surface area contributed by atoms with Crippen molar-refractivity contribution in [2.75, 3.05) is 11.9 Å². The molecule has 0 aliphatic heterocycles. The van der Waals surface area contributed by atoms with Gasteiger partial charge in [0.05, 0.1) is 5.69 Å². The highest BCUT2D eigenvalue weighted by Crippen LogP contribution is 2.23. The number of rotatable bonds is 5. The molecule has 3 N–H and O–H groups in total. The average molecular weight is 315 g/mol. The Balaban J connectivity index is 2.40. The van der Waals surface area contributed by atoms with Crippen molar-refractivity contribution in [1.82, 2.24) is 5.32 Å². The van der Waals surface area contributed by atoms with Crippen LogP contribution < -0.4 is 10.6 Å². The molecule has 0 unspecified atom stereocenters. The zero-order valence-electron chi connectivity index (χ0n) is 10.00. The van der Waals surface area contributed by atoms with Gasteiger partial charge in [0.25, 0.3) is 0 Å². The fourth-order valence-electron chi connectivity index (χ4n) is 1.34. The quantitative estimate of drug-likeness (QED) is 0.731. The van der Waals surface area contributed by atoms with Crippen molar-refractivity contribution in [1.29, 1.82) is 0 Å². The van der Waals surface area contributed by atoms with Crippen LogP contribution in [0.4, 0.5) is 10.5 Å². The predicted octanol–water partition coefficient (Wildman–Crippen LogP) is 2.74. The Kier molecular flexibility index (Phi) is 5.64. The monoisotopic (exact) mass is 314 g/mol. The Morgan fingerprint density at radius 3 is 2.78 bits per heavy atom. The van der Waals surface area contributed by atoms with Crippen LogP contribution in [-0.2, 0) is 4.79 Å². The van der Waals surface area contributed by atoms with E-state index < -0.39 is 5.97 Å². The van der Waals surface area contributed by atoms with Crippen molar-refractivity contribution in [2.24, 2.45) is 0 Å². The second kappa shape index (κ2) is 7.00. The molecule has 0 bridgehead atoms. The Bertz CT molecular complexity index is 449. The van der Waals surface area contributed by atoms with Crippen LogP contribution in [0.5, 0.6) is 0 Å². The molecule has 6 heteroatoms. The van der Waals surface area contributed by atoms with Crippen molar-refractivity contribution in [2.45, 2.75) is 19.8 Å². The molecule has 0 saturated heterocycles. The summed E-state index contributed by atoms with van der Waals surface area (Å²) in [6.45, 7) is 2.27. The van der Waals surface area contributed by atoms with E-state index >= 15 is 0 Å². The number of urea groups is 1. The number of carboxylic acids is 1. The van der Waals surface area contributed by atoms with Crippen LogP contribution in [0.2, 0.25) is 0 Å². The highest BCUT2D eigenvalue weighted by Gasteiger charge is 2.05. The maximum absolute atomic E-state index is 11.5. The molecule has 1 aromatic carbocycles. The Labute approximate surface area is 114 Å². The summed E-state index contributed by atoms with van der Waals surface area (Å²) in [5.41, 5.74) is 1.73. The second-order valence-corrected chi connectivity index (χ2v) is 4.72. The maximum atomic E-state index is 11.5. The van der Waals surface area contributed by atoms with E-state index in [4.69, 9.17) is 5.11 Å². The van der Waals surface area contributed by atoms with Crippen LogP contribution in [0.15, 0.2) is 22.7 Å². The SMILES string of the molecule is Cc1ccc(Br)c(NC(=O)NCCCC(=O)O)c1. The molecule has 0 atom stereocenters. The summed E-state index contributed by atoms with van der Waals surface area (Å²) in [5, 5.41) is 13.7. The van der Waals surface area contributed by atoms with Gasteiger partial charge in [-0.2, -0.15) is 0 Å². The minimum Gasteiger partial charge on any atom is -0.481 e. The number of aryl methyl sites for hydroxylation is 1. The van der Waals surface area contributed by atoms with E-state index in [1.165, 1.54) is 0 Å². The van der Waals surface area contributed by atoms with Gasteiger partial charge in [-0.3, -0.25) is 4.79 Å². The molecule has 2 amide bonds. The van der Waals surface area contributed by atoms with Crippen molar-refractivity contribution in [3.05, 3.63) is 28.2 Å². The summed E-state index contributed by atoms with van der Waals surface area (Å²) >= 11 is 3.34. The zero-order valence-corrected chi connectivity index (χ0v) is 11.6. The molecule has 0 aliphatic carbocycles. The number of benzene rings is 1. The van der Waals surface area contributed by atoms with E-state index in [0.29, 0.717) is 18.7 Å². The number of anilines is 1. The van der Waals surface area contributed by atoms with Crippen LogP contribution >= 0.6 is 15.9 Å². The molecule has 0 spiro atoms. The van der Waals surface area contributed by atoms with Gasteiger partial charge in [-0.15, -0.1) is 0 Å². The smallest absolute Gasteiger partial charge is 0.319 e. The summed E-state index contributed by atoms with van der Waals surface area (Å²) in [4.78, 5) is 21.8. The molecule has 0 radical (unpaired) electrons. The molecule has 0 aliphatic rings. The zero-order chi connectivity index (χ0) is 13.5. The van der Waals surface area contributed by atoms with Crippen molar-refractivity contribution < 1.29 is 14.7 Å². The fourth-order valence-corrected chi connectivity index (χ4v) is 1.69. The Morgan fingerprint density at radius 2 is 2.11 bits per heavy atom. The molecule has 18 heavy (non-hydrogen) atoms. The summed E-state index contributed by atoms with van der Waals surface area (Å²) in [6.07, 6.45) is 0.464. The number of carbonyl (C=O) groups excluding carboxylic acids is 1. The topological polar surface area (TPSA) is 78.4 Å². The summed E-state index contributed by atoms with van der Waals surface area (Å²) in [7, 11) is 0. The minimum atomic E-state index is -0.862. The van der Waals surface area contributed by atoms with Gasteiger partial charge in [0.2, 0.25) is 0 Å². The molecule has 5 nitrogen and oxygen atoms in total. The molecular weight excluding hydrogens is 300 g/mol. The predicted molar refractivity (Wildman–Crippen MR) is 72.8 cm³/mol. The van der Waals surface area contributed by atoms with E-state index in [-0.39, 0.29) is 12.5 Å². The first-order valence-electron chi connectivity index (χ1n) is 5.52. The third kappa shape index (κ3) is 5.18. The molecule has 98 valence electrons. The van der Waals surface area contributed by atoms with Gasteiger partial charge < -0.3 is 15.7 Å². The molecule has 1 aromatic rings. The maximum Gasteiger partial charge on any atom is 0.319 e. The number of hydrogen-bond acceptors (Lipinski definition) is 2. The molecule has 0 heterocycles. The average Bonchev–Trinajstić information content (AvgIpc) is 2.29. The number of carbonyl (C=O) groups is 2. The number of hydrogen-bond donors (Lipinski definition) is 3. The first-order chi connectivity index (χ1) is 8.49. The van der Waals surface area contributed by atoms with Gasteiger partial charge in [0.15, 0.2) is 0 Å². The van der Waals surface area contributed by atoms with Crippen LogP contribution in [0.1, 0.15) is 18.4 Å². The van der Waals surface area contributed by atoms with E-state index in [9.17, 15) is 9.59 Å². The summed E-state index contributed by atoms with van der Waals surface area (Å²) < 4.78 is 0.800. The lowest BCUT2D eigenvalue weighted by Crippen LogP contribution is -2.29.